The first-order chi connectivity index (χ1) is 9.17. The Balaban J connectivity index is 5.05. The smallest absolute Gasteiger partial charge is 0.408 e. The predicted octanol–water partition coefficient (Wildman–Crippen LogP) is 3.27. The number of rotatable bonds is 8. The Morgan fingerprint density at radius 2 is 1.60 bits per heavy atom. The molecular formula is C15H25NO4. The van der Waals surface area contributed by atoms with Crippen LogP contribution in [0.3, 0.4) is 0 Å². The van der Waals surface area contributed by atoms with E-state index >= 15 is 0 Å². The van der Waals surface area contributed by atoms with E-state index in [0.717, 1.165) is 0 Å². The number of carboxylic acids is 1. The van der Waals surface area contributed by atoms with Crippen LogP contribution in [0.2, 0.25) is 0 Å². The molecule has 0 heterocycles. The normalized spacial score (nSPS) is 11.6. The zero-order chi connectivity index (χ0) is 15.8. The number of nitrogens with one attached hydrogen (secondary N) is 1. The van der Waals surface area contributed by atoms with Crippen LogP contribution >= 0.6 is 0 Å². The zero-order valence-corrected chi connectivity index (χ0v) is 12.6. The molecule has 0 unspecified atom stereocenters. The van der Waals surface area contributed by atoms with E-state index in [-0.39, 0.29) is 12.8 Å². The van der Waals surface area contributed by atoms with Crippen molar-refractivity contribution in [3.8, 4) is 0 Å². The topological polar surface area (TPSA) is 75.6 Å². The van der Waals surface area contributed by atoms with Crippen LogP contribution in [-0.2, 0) is 9.53 Å². The number of alkyl carbamates (subject to hydrolysis) is 1. The Morgan fingerprint density at radius 1 is 1.15 bits per heavy atom. The first kappa shape index (κ1) is 18.2. The highest BCUT2D eigenvalue weighted by molar-refractivity contribution is 5.84. The summed E-state index contributed by atoms with van der Waals surface area (Å²) in [6.45, 7) is 12.3. The minimum absolute atomic E-state index is 0.263. The van der Waals surface area contributed by atoms with Gasteiger partial charge in [0.2, 0.25) is 0 Å². The highest BCUT2D eigenvalue weighted by Gasteiger charge is 2.39. The summed E-state index contributed by atoms with van der Waals surface area (Å²) >= 11 is 0. The van der Waals surface area contributed by atoms with Gasteiger partial charge in [-0.1, -0.05) is 12.2 Å². The molecule has 0 aromatic rings. The van der Waals surface area contributed by atoms with E-state index in [1.807, 2.05) is 0 Å². The second kappa shape index (κ2) is 7.72. The molecule has 5 heteroatoms. The molecule has 0 aliphatic heterocycles. The Kier molecular flexibility index (Phi) is 7.04. The monoisotopic (exact) mass is 283 g/mol. The van der Waals surface area contributed by atoms with Crippen molar-refractivity contribution in [1.82, 2.24) is 5.32 Å². The van der Waals surface area contributed by atoms with E-state index in [1.54, 1.807) is 32.9 Å². The van der Waals surface area contributed by atoms with Crippen molar-refractivity contribution in [1.29, 1.82) is 0 Å². The van der Waals surface area contributed by atoms with Crippen LogP contribution in [-0.4, -0.2) is 28.3 Å². The van der Waals surface area contributed by atoms with Crippen LogP contribution in [0, 0.1) is 0 Å². The lowest BCUT2D eigenvalue weighted by Crippen LogP contribution is -2.55. The Morgan fingerprint density at radius 3 is 1.90 bits per heavy atom. The molecule has 0 aromatic carbocycles. The average molecular weight is 283 g/mol. The van der Waals surface area contributed by atoms with Crippen LogP contribution in [0.4, 0.5) is 4.79 Å². The summed E-state index contributed by atoms with van der Waals surface area (Å²) < 4.78 is 5.14. The third kappa shape index (κ3) is 6.41. The Labute approximate surface area is 120 Å². The van der Waals surface area contributed by atoms with E-state index in [2.05, 4.69) is 18.5 Å². The summed E-state index contributed by atoms with van der Waals surface area (Å²) in [5, 5.41) is 12.0. The molecule has 0 spiro atoms. The molecule has 114 valence electrons. The third-order valence-electron chi connectivity index (χ3n) is 2.70. The summed E-state index contributed by atoms with van der Waals surface area (Å²) in [5.74, 6) is -1.08. The molecular weight excluding hydrogens is 258 g/mol. The maximum absolute atomic E-state index is 11.9. The number of carbonyl (C=O) groups excluding carboxylic acids is 1. The van der Waals surface area contributed by atoms with Gasteiger partial charge in [0.05, 0.1) is 0 Å². The molecule has 0 aliphatic rings. The highest BCUT2D eigenvalue weighted by atomic mass is 16.6. The van der Waals surface area contributed by atoms with Gasteiger partial charge in [-0.3, -0.25) is 0 Å². The number of allylic oxidation sites excluding steroid dienone is 2. The molecule has 2 N–H and O–H groups in total. The third-order valence-corrected chi connectivity index (χ3v) is 2.70. The number of amides is 1. The first-order valence-electron chi connectivity index (χ1n) is 6.63. The lowest BCUT2D eigenvalue weighted by molar-refractivity contribution is -0.145. The molecule has 0 atom stereocenters. The average Bonchev–Trinajstić information content (AvgIpc) is 2.30. The second-order valence-electron chi connectivity index (χ2n) is 5.67. The van der Waals surface area contributed by atoms with Gasteiger partial charge < -0.3 is 15.2 Å². The lowest BCUT2D eigenvalue weighted by atomic mass is 9.88. The molecule has 0 fully saturated rings. The Bertz CT molecular complexity index is 357. The maximum atomic E-state index is 11.9. The SMILES string of the molecule is C=CCCC(CCC=C)(NC(=O)OC(C)(C)C)C(=O)O. The van der Waals surface area contributed by atoms with Crippen molar-refractivity contribution < 1.29 is 19.4 Å². The quantitative estimate of drug-likeness (QED) is 0.670. The van der Waals surface area contributed by atoms with Gasteiger partial charge in [-0.2, -0.15) is 0 Å². The van der Waals surface area contributed by atoms with Gasteiger partial charge in [-0.25, -0.2) is 9.59 Å². The lowest BCUT2D eigenvalue weighted by Gasteiger charge is -2.31. The molecule has 0 rings (SSSR count). The van der Waals surface area contributed by atoms with E-state index in [4.69, 9.17) is 4.74 Å². The molecule has 1 amide bonds. The molecule has 20 heavy (non-hydrogen) atoms. The number of carbonyl (C=O) groups is 2. The molecule has 0 saturated heterocycles. The summed E-state index contributed by atoms with van der Waals surface area (Å²) in [4.78, 5) is 23.5. The molecule has 0 aromatic heterocycles. The van der Waals surface area contributed by atoms with Gasteiger partial charge in [-0.05, 0) is 46.5 Å². The molecule has 5 nitrogen and oxygen atoms in total. The van der Waals surface area contributed by atoms with Gasteiger partial charge in [0.25, 0.3) is 0 Å². The zero-order valence-electron chi connectivity index (χ0n) is 12.6. The number of carboxylic acid groups (broad SMARTS) is 1. The number of hydrogen-bond donors (Lipinski definition) is 2. The molecule has 0 aliphatic carbocycles. The van der Waals surface area contributed by atoms with Crippen molar-refractivity contribution in [2.24, 2.45) is 0 Å². The largest absolute Gasteiger partial charge is 0.480 e. The van der Waals surface area contributed by atoms with Crippen molar-refractivity contribution >= 4 is 12.1 Å². The number of hydrogen-bond acceptors (Lipinski definition) is 3. The van der Waals surface area contributed by atoms with E-state index in [9.17, 15) is 14.7 Å². The van der Waals surface area contributed by atoms with Crippen LogP contribution in [0.1, 0.15) is 46.5 Å². The summed E-state index contributed by atoms with van der Waals surface area (Å²) in [6, 6.07) is 0. The van der Waals surface area contributed by atoms with Crippen molar-refractivity contribution in [3.05, 3.63) is 25.3 Å². The molecule has 0 bridgehead atoms. The van der Waals surface area contributed by atoms with E-state index < -0.39 is 23.2 Å². The fraction of sp³-hybridized carbons (Fsp3) is 0.600. The Hall–Kier alpha value is -1.78. The second-order valence-corrected chi connectivity index (χ2v) is 5.67. The van der Waals surface area contributed by atoms with Crippen molar-refractivity contribution in [3.63, 3.8) is 0 Å². The minimum Gasteiger partial charge on any atom is -0.480 e. The predicted molar refractivity (Wildman–Crippen MR) is 78.6 cm³/mol. The fourth-order valence-electron chi connectivity index (χ4n) is 1.71. The highest BCUT2D eigenvalue weighted by Crippen LogP contribution is 2.22. The summed E-state index contributed by atoms with van der Waals surface area (Å²) in [5.41, 5.74) is -2.03. The number of ether oxygens (including phenoxy) is 1. The van der Waals surface area contributed by atoms with Crippen LogP contribution in [0.25, 0.3) is 0 Å². The summed E-state index contributed by atoms with van der Waals surface area (Å²) in [7, 11) is 0. The van der Waals surface area contributed by atoms with Crippen molar-refractivity contribution in [2.45, 2.75) is 57.6 Å². The summed E-state index contributed by atoms with van der Waals surface area (Å²) in [6.07, 6.45) is 4.02. The molecule has 0 radical (unpaired) electrons. The van der Waals surface area contributed by atoms with Gasteiger partial charge in [0.15, 0.2) is 0 Å². The van der Waals surface area contributed by atoms with E-state index in [0.29, 0.717) is 12.8 Å². The van der Waals surface area contributed by atoms with Gasteiger partial charge >= 0.3 is 12.1 Å². The standard InChI is InChI=1S/C15H25NO4/c1-6-8-10-15(12(17)18,11-9-7-2)16-13(19)20-14(3,4)5/h6-7H,1-2,8-11H2,3-5H3,(H,16,19)(H,17,18). The van der Waals surface area contributed by atoms with Gasteiger partial charge in [-0.15, -0.1) is 13.2 Å². The minimum atomic E-state index is -1.36. The van der Waals surface area contributed by atoms with Crippen LogP contribution in [0.5, 0.6) is 0 Å². The fourth-order valence-corrected chi connectivity index (χ4v) is 1.71. The maximum Gasteiger partial charge on any atom is 0.408 e. The molecule has 0 saturated carbocycles. The first-order valence-corrected chi connectivity index (χ1v) is 6.63. The van der Waals surface area contributed by atoms with Crippen LogP contribution in [0.15, 0.2) is 25.3 Å². The van der Waals surface area contributed by atoms with Gasteiger partial charge in [0, 0.05) is 0 Å². The van der Waals surface area contributed by atoms with Crippen LogP contribution < -0.4 is 5.32 Å². The van der Waals surface area contributed by atoms with Crippen molar-refractivity contribution in [2.75, 3.05) is 0 Å². The number of aliphatic carboxylic acids is 1. The van der Waals surface area contributed by atoms with Gasteiger partial charge in [0.1, 0.15) is 11.1 Å². The van der Waals surface area contributed by atoms with E-state index in [1.165, 1.54) is 0 Å².